The van der Waals surface area contributed by atoms with Gasteiger partial charge in [-0.15, -0.1) is 11.3 Å². The van der Waals surface area contributed by atoms with Crippen molar-refractivity contribution in [3.05, 3.63) is 52.2 Å². The molecule has 3 N–H and O–H groups in total. The van der Waals surface area contributed by atoms with Crippen molar-refractivity contribution in [1.29, 1.82) is 0 Å². The summed E-state index contributed by atoms with van der Waals surface area (Å²) in [4.78, 5) is 29.6. The minimum atomic E-state index is -0.475. The number of carbonyl (C=O) groups excluding carboxylic acids is 2. The Morgan fingerprint density at radius 1 is 1.15 bits per heavy atom. The van der Waals surface area contributed by atoms with Crippen LogP contribution in [0, 0.1) is 0 Å². The molecule has 1 atom stereocenters. The number of amides is 2. The molecule has 1 aromatic heterocycles. The number of nitrogens with zero attached hydrogens (tertiary/aromatic N) is 2. The van der Waals surface area contributed by atoms with Crippen LogP contribution in [-0.2, 0) is 11.3 Å². The van der Waals surface area contributed by atoms with Crippen molar-refractivity contribution >= 4 is 28.8 Å². The van der Waals surface area contributed by atoms with E-state index in [1.165, 1.54) is 4.88 Å². The third-order valence-corrected chi connectivity index (χ3v) is 5.59. The topological polar surface area (TPSA) is 78.7 Å². The maximum atomic E-state index is 12.5. The monoisotopic (exact) mass is 372 g/mol. The van der Waals surface area contributed by atoms with E-state index in [0.717, 1.165) is 32.7 Å². The summed E-state index contributed by atoms with van der Waals surface area (Å²) < 4.78 is 0. The molecule has 2 aromatic rings. The van der Waals surface area contributed by atoms with E-state index in [2.05, 4.69) is 32.6 Å². The van der Waals surface area contributed by atoms with Crippen LogP contribution in [0.15, 0.2) is 41.8 Å². The molecule has 138 valence electrons. The van der Waals surface area contributed by atoms with Gasteiger partial charge >= 0.3 is 0 Å². The Labute approximate surface area is 157 Å². The molecule has 1 saturated heterocycles. The summed E-state index contributed by atoms with van der Waals surface area (Å²) in [5.74, 6) is -0.514. The lowest BCUT2D eigenvalue weighted by atomic mass is 10.1. The maximum absolute atomic E-state index is 12.5. The van der Waals surface area contributed by atoms with Gasteiger partial charge in [-0.3, -0.25) is 19.4 Å². The lowest BCUT2D eigenvalue weighted by Gasteiger charge is -2.37. The number of rotatable bonds is 6. The molecule has 0 aliphatic carbocycles. The number of piperazine rings is 1. The summed E-state index contributed by atoms with van der Waals surface area (Å²) in [5.41, 5.74) is 6.33. The fourth-order valence-corrected chi connectivity index (χ4v) is 3.81. The van der Waals surface area contributed by atoms with Gasteiger partial charge < -0.3 is 11.1 Å². The number of nitrogens with two attached hydrogens (primary N) is 1. The van der Waals surface area contributed by atoms with Gasteiger partial charge in [0, 0.05) is 48.9 Å². The first-order valence-corrected chi connectivity index (χ1v) is 9.60. The first-order chi connectivity index (χ1) is 12.5. The molecule has 1 fully saturated rings. The minimum Gasteiger partial charge on any atom is -0.366 e. The summed E-state index contributed by atoms with van der Waals surface area (Å²) in [7, 11) is 0. The molecule has 1 aliphatic rings. The number of carbonyl (C=O) groups is 2. The molecule has 7 heteroatoms. The van der Waals surface area contributed by atoms with Gasteiger partial charge in [0.2, 0.25) is 11.8 Å². The predicted molar refractivity (Wildman–Crippen MR) is 104 cm³/mol. The summed E-state index contributed by atoms with van der Waals surface area (Å²) in [5, 5.41) is 5.01. The number of thiophene rings is 1. The quantitative estimate of drug-likeness (QED) is 0.813. The molecule has 0 unspecified atom stereocenters. The van der Waals surface area contributed by atoms with Gasteiger partial charge in [0.15, 0.2) is 0 Å². The van der Waals surface area contributed by atoms with Crippen LogP contribution >= 0.6 is 11.3 Å². The zero-order valence-electron chi connectivity index (χ0n) is 14.9. The Hall–Kier alpha value is -2.22. The zero-order valence-corrected chi connectivity index (χ0v) is 15.7. The summed E-state index contributed by atoms with van der Waals surface area (Å²) in [6.45, 7) is 6.59. The van der Waals surface area contributed by atoms with Gasteiger partial charge in [-0.25, -0.2) is 0 Å². The third kappa shape index (κ3) is 4.69. The van der Waals surface area contributed by atoms with Crippen molar-refractivity contribution in [3.63, 3.8) is 0 Å². The van der Waals surface area contributed by atoms with Crippen LogP contribution in [0.5, 0.6) is 0 Å². The first-order valence-electron chi connectivity index (χ1n) is 8.72. The van der Waals surface area contributed by atoms with E-state index < -0.39 is 5.91 Å². The van der Waals surface area contributed by atoms with Crippen LogP contribution in [0.2, 0.25) is 0 Å². The molecule has 1 aliphatic heterocycles. The van der Waals surface area contributed by atoms with Crippen molar-refractivity contribution in [2.24, 2.45) is 5.73 Å². The van der Waals surface area contributed by atoms with Crippen molar-refractivity contribution in [2.75, 3.05) is 31.5 Å². The average molecular weight is 372 g/mol. The second kappa shape index (κ2) is 8.44. The fraction of sp³-hybridized carbons (Fsp3) is 0.368. The highest BCUT2D eigenvalue weighted by atomic mass is 32.1. The summed E-state index contributed by atoms with van der Waals surface area (Å²) >= 11 is 1.78. The highest BCUT2D eigenvalue weighted by Crippen LogP contribution is 2.16. The van der Waals surface area contributed by atoms with Crippen LogP contribution in [0.25, 0.3) is 0 Å². The van der Waals surface area contributed by atoms with E-state index in [1.807, 2.05) is 6.92 Å². The van der Waals surface area contributed by atoms with Crippen molar-refractivity contribution in [1.82, 2.24) is 9.80 Å². The van der Waals surface area contributed by atoms with E-state index in [9.17, 15) is 9.59 Å². The average Bonchev–Trinajstić information content (AvgIpc) is 3.15. The molecule has 1 aromatic carbocycles. The van der Waals surface area contributed by atoms with E-state index in [1.54, 1.807) is 35.6 Å². The lowest BCUT2D eigenvalue weighted by Crippen LogP contribution is -2.52. The highest BCUT2D eigenvalue weighted by Gasteiger charge is 2.25. The van der Waals surface area contributed by atoms with Gasteiger partial charge in [0.1, 0.15) is 0 Å². The zero-order chi connectivity index (χ0) is 18.5. The molecular weight excluding hydrogens is 348 g/mol. The smallest absolute Gasteiger partial charge is 0.248 e. The molecule has 0 spiro atoms. The van der Waals surface area contributed by atoms with Gasteiger partial charge in [-0.05, 0) is 42.6 Å². The normalized spacial score (nSPS) is 17.0. The third-order valence-electron chi connectivity index (χ3n) is 4.73. The number of anilines is 1. The lowest BCUT2D eigenvalue weighted by molar-refractivity contribution is -0.121. The molecule has 0 bridgehead atoms. The molecule has 6 nitrogen and oxygen atoms in total. The Bertz CT molecular complexity index is 737. The van der Waals surface area contributed by atoms with Crippen LogP contribution in [0.1, 0.15) is 22.2 Å². The van der Waals surface area contributed by atoms with E-state index >= 15 is 0 Å². The Morgan fingerprint density at radius 2 is 1.85 bits per heavy atom. The van der Waals surface area contributed by atoms with E-state index in [4.69, 9.17) is 5.73 Å². The molecule has 2 amide bonds. The van der Waals surface area contributed by atoms with Crippen molar-refractivity contribution in [2.45, 2.75) is 19.5 Å². The Kier molecular flexibility index (Phi) is 6.03. The van der Waals surface area contributed by atoms with Crippen molar-refractivity contribution in [3.8, 4) is 0 Å². The molecule has 26 heavy (non-hydrogen) atoms. The van der Waals surface area contributed by atoms with Gasteiger partial charge in [-0.1, -0.05) is 6.07 Å². The predicted octanol–water partition coefficient (Wildman–Crippen LogP) is 1.99. The number of primary amides is 1. The standard InChI is InChI=1S/C19H24N4O2S/c1-14(19(25)21-16-6-4-15(5-7-16)18(20)24)23-10-8-22(9-11-23)13-17-3-2-12-26-17/h2-7,12,14H,8-11,13H2,1H3,(H2,20,24)(H,21,25)/t14-/m1/s1. The van der Waals surface area contributed by atoms with Crippen LogP contribution < -0.4 is 11.1 Å². The number of hydrogen-bond acceptors (Lipinski definition) is 5. The van der Waals surface area contributed by atoms with Crippen LogP contribution in [0.4, 0.5) is 5.69 Å². The Balaban J connectivity index is 1.48. The second-order valence-corrected chi connectivity index (χ2v) is 7.53. The van der Waals surface area contributed by atoms with Crippen LogP contribution in [-0.4, -0.2) is 53.8 Å². The first kappa shape index (κ1) is 18.6. The number of hydrogen-bond donors (Lipinski definition) is 2. The van der Waals surface area contributed by atoms with E-state index in [0.29, 0.717) is 11.3 Å². The minimum absolute atomic E-state index is 0.0384. The second-order valence-electron chi connectivity index (χ2n) is 6.50. The summed E-state index contributed by atoms with van der Waals surface area (Å²) in [6.07, 6.45) is 0. The van der Waals surface area contributed by atoms with Gasteiger partial charge in [0.05, 0.1) is 6.04 Å². The summed E-state index contributed by atoms with van der Waals surface area (Å²) in [6, 6.07) is 10.7. The molecule has 3 rings (SSSR count). The fourth-order valence-electron chi connectivity index (χ4n) is 3.06. The highest BCUT2D eigenvalue weighted by molar-refractivity contribution is 7.09. The van der Waals surface area contributed by atoms with E-state index in [-0.39, 0.29) is 11.9 Å². The SMILES string of the molecule is C[C@H](C(=O)Nc1ccc(C(N)=O)cc1)N1CCN(Cc2cccs2)CC1. The number of nitrogens with one attached hydrogen (secondary N) is 1. The van der Waals surface area contributed by atoms with Gasteiger partial charge in [0.25, 0.3) is 0 Å². The van der Waals surface area contributed by atoms with Crippen LogP contribution in [0.3, 0.4) is 0 Å². The molecular formula is C19H24N4O2S. The Morgan fingerprint density at radius 3 is 2.42 bits per heavy atom. The maximum Gasteiger partial charge on any atom is 0.248 e. The van der Waals surface area contributed by atoms with Gasteiger partial charge in [-0.2, -0.15) is 0 Å². The molecule has 0 radical (unpaired) electrons. The number of benzene rings is 1. The molecule has 0 saturated carbocycles. The largest absolute Gasteiger partial charge is 0.366 e. The molecule has 2 heterocycles. The van der Waals surface area contributed by atoms with Crippen molar-refractivity contribution < 1.29 is 9.59 Å².